The van der Waals surface area contributed by atoms with Gasteiger partial charge in [-0.25, -0.2) is 14.3 Å². The first-order valence-electron chi connectivity index (χ1n) is 13.2. The van der Waals surface area contributed by atoms with Crippen LogP contribution in [0.25, 0.3) is 16.9 Å². The van der Waals surface area contributed by atoms with Gasteiger partial charge in [0.1, 0.15) is 11.5 Å². The van der Waals surface area contributed by atoms with E-state index in [2.05, 4.69) is 11.2 Å². The summed E-state index contributed by atoms with van der Waals surface area (Å²) in [5.74, 6) is -2.52. The predicted octanol–water partition coefficient (Wildman–Crippen LogP) is 3.96. The zero-order valence-corrected chi connectivity index (χ0v) is 23.6. The second-order valence-electron chi connectivity index (χ2n) is 9.48. The molecule has 0 radical (unpaired) electrons. The topological polar surface area (TPSA) is 141 Å². The summed E-state index contributed by atoms with van der Waals surface area (Å²) in [4.78, 5) is 27.8. The highest BCUT2D eigenvalue weighted by Gasteiger charge is 2.43. The number of methoxy groups -OCH3 is 2. The Bertz CT molecular complexity index is 1760. The quantitative estimate of drug-likeness (QED) is 0.331. The molecule has 0 bridgehead atoms. The van der Waals surface area contributed by atoms with Crippen molar-refractivity contribution in [2.24, 2.45) is 5.73 Å². The Morgan fingerprint density at radius 3 is 2.24 bits per heavy atom. The fraction of sp³-hybridized carbons (Fsp3) is 0.194. The number of carbonyl (C=O) groups excluding carboxylic acids is 2. The molecule has 3 heterocycles. The standard InChI is InChI=1S/C31H29N7O4/c1-5-36-18-24(19(2)34-36)25-15-16-37(35-25)21-11-13-22(14-12-21)38-28(31(40)42-4)27(30(39)41-3)26(23(17-32)29(38)33)20-9-7-6-8-10-20/h6-16,18,26H,5,33H2,1-4H3. The number of anilines is 1. The molecule has 0 spiro atoms. The number of nitrogens with zero attached hydrogens (tertiary/aromatic N) is 6. The van der Waals surface area contributed by atoms with Crippen molar-refractivity contribution >= 4 is 17.6 Å². The van der Waals surface area contributed by atoms with Crippen LogP contribution in [0, 0.1) is 18.3 Å². The summed E-state index contributed by atoms with van der Waals surface area (Å²) in [7, 11) is 2.43. The number of carbonyl (C=O) groups is 2. The van der Waals surface area contributed by atoms with Gasteiger partial charge in [-0.3, -0.25) is 9.58 Å². The molecule has 11 nitrogen and oxygen atoms in total. The summed E-state index contributed by atoms with van der Waals surface area (Å²) >= 11 is 0. The number of rotatable bonds is 7. The summed E-state index contributed by atoms with van der Waals surface area (Å²) in [6, 6.07) is 20.0. The highest BCUT2D eigenvalue weighted by atomic mass is 16.5. The first-order valence-corrected chi connectivity index (χ1v) is 13.2. The van der Waals surface area contributed by atoms with Crippen molar-refractivity contribution in [2.45, 2.75) is 26.3 Å². The Morgan fingerprint density at radius 1 is 0.976 bits per heavy atom. The lowest BCUT2D eigenvalue weighted by molar-refractivity contribution is -0.139. The molecule has 0 fully saturated rings. The van der Waals surface area contributed by atoms with Crippen molar-refractivity contribution in [2.75, 3.05) is 19.1 Å². The van der Waals surface area contributed by atoms with Crippen LogP contribution in [0.4, 0.5) is 5.69 Å². The number of aromatic nitrogens is 4. The lowest BCUT2D eigenvalue weighted by Gasteiger charge is -2.35. The van der Waals surface area contributed by atoms with E-state index in [0.29, 0.717) is 11.3 Å². The van der Waals surface area contributed by atoms with E-state index in [1.807, 2.05) is 43.1 Å². The SMILES string of the molecule is CCn1cc(-c2ccn(-c3ccc(N4C(N)=C(C#N)C(c5ccccc5)C(C(=O)OC)=C4C(=O)OC)cc3)n2)c(C)n1. The molecule has 0 saturated heterocycles. The fourth-order valence-corrected chi connectivity index (χ4v) is 5.08. The zero-order valence-electron chi connectivity index (χ0n) is 23.6. The number of aryl methyl sites for hydroxylation is 2. The number of nitrogens with two attached hydrogens (primary N) is 1. The second-order valence-corrected chi connectivity index (χ2v) is 9.48. The average Bonchev–Trinajstić information content (AvgIpc) is 3.66. The Morgan fingerprint density at radius 2 is 1.64 bits per heavy atom. The van der Waals surface area contributed by atoms with Gasteiger partial charge in [0.25, 0.3) is 0 Å². The van der Waals surface area contributed by atoms with Crippen molar-refractivity contribution in [3.63, 3.8) is 0 Å². The van der Waals surface area contributed by atoms with Crippen LogP contribution in [0.2, 0.25) is 0 Å². The van der Waals surface area contributed by atoms with E-state index >= 15 is 0 Å². The number of hydrogen-bond donors (Lipinski definition) is 1. The highest BCUT2D eigenvalue weighted by Crippen LogP contribution is 2.43. The number of ether oxygens (including phenoxy) is 2. The lowest BCUT2D eigenvalue weighted by Crippen LogP contribution is -2.40. The summed E-state index contributed by atoms with van der Waals surface area (Å²) < 4.78 is 13.8. The van der Waals surface area contributed by atoms with Crippen LogP contribution < -0.4 is 10.6 Å². The van der Waals surface area contributed by atoms with Crippen molar-refractivity contribution < 1.29 is 19.1 Å². The lowest BCUT2D eigenvalue weighted by atomic mass is 9.81. The molecule has 1 aliphatic heterocycles. The molecule has 0 saturated carbocycles. The number of hydrogen-bond acceptors (Lipinski definition) is 9. The van der Waals surface area contributed by atoms with Gasteiger partial charge >= 0.3 is 11.9 Å². The Hall–Kier alpha value is -5.63. The highest BCUT2D eigenvalue weighted by molar-refractivity contribution is 6.06. The van der Waals surface area contributed by atoms with Gasteiger partial charge in [0.2, 0.25) is 0 Å². The molecule has 11 heteroatoms. The minimum Gasteiger partial charge on any atom is -0.466 e. The molecule has 212 valence electrons. The third-order valence-electron chi connectivity index (χ3n) is 7.12. The van der Waals surface area contributed by atoms with Crippen LogP contribution in [-0.4, -0.2) is 45.7 Å². The number of allylic oxidation sites excluding steroid dienone is 1. The number of esters is 2. The van der Waals surface area contributed by atoms with Gasteiger partial charge in [-0.15, -0.1) is 0 Å². The van der Waals surface area contributed by atoms with E-state index in [0.717, 1.165) is 29.2 Å². The average molecular weight is 564 g/mol. The monoisotopic (exact) mass is 563 g/mol. The van der Waals surface area contributed by atoms with Gasteiger partial charge in [-0.2, -0.15) is 15.5 Å². The smallest absolute Gasteiger partial charge is 0.355 e. The minimum absolute atomic E-state index is 0.00283. The van der Waals surface area contributed by atoms with Crippen LogP contribution in [0.15, 0.2) is 95.7 Å². The van der Waals surface area contributed by atoms with Gasteiger partial charge in [0.15, 0.2) is 0 Å². The van der Waals surface area contributed by atoms with E-state index in [9.17, 15) is 14.9 Å². The maximum absolute atomic E-state index is 13.3. The Labute approximate surface area is 242 Å². The van der Waals surface area contributed by atoms with E-state index in [1.165, 1.54) is 19.1 Å². The third-order valence-corrected chi connectivity index (χ3v) is 7.12. The molecule has 0 aliphatic carbocycles. The summed E-state index contributed by atoms with van der Waals surface area (Å²) in [6.45, 7) is 4.73. The van der Waals surface area contributed by atoms with Crippen molar-refractivity contribution in [1.82, 2.24) is 19.6 Å². The first-order chi connectivity index (χ1) is 20.3. The third kappa shape index (κ3) is 4.79. The van der Waals surface area contributed by atoms with E-state index < -0.39 is 17.9 Å². The van der Waals surface area contributed by atoms with Gasteiger partial charge in [-0.1, -0.05) is 30.3 Å². The van der Waals surface area contributed by atoms with Crippen LogP contribution in [-0.2, 0) is 25.6 Å². The molecule has 1 aliphatic rings. The molecular formula is C31H29N7O4. The molecule has 1 atom stereocenters. The molecule has 2 N–H and O–H groups in total. The maximum atomic E-state index is 13.3. The van der Waals surface area contributed by atoms with E-state index in [4.69, 9.17) is 20.3 Å². The Balaban J connectivity index is 1.60. The number of benzene rings is 2. The molecule has 4 aromatic rings. The molecule has 2 aromatic heterocycles. The van der Waals surface area contributed by atoms with Crippen LogP contribution in [0.3, 0.4) is 0 Å². The second kappa shape index (κ2) is 11.5. The normalized spacial score (nSPS) is 15.0. The van der Waals surface area contributed by atoms with Crippen LogP contribution in [0.1, 0.15) is 24.1 Å². The van der Waals surface area contributed by atoms with Gasteiger partial charge < -0.3 is 15.2 Å². The van der Waals surface area contributed by atoms with Crippen molar-refractivity contribution in [1.29, 1.82) is 5.26 Å². The van der Waals surface area contributed by atoms with Gasteiger partial charge in [0, 0.05) is 30.2 Å². The van der Waals surface area contributed by atoms with Crippen molar-refractivity contribution in [3.05, 3.63) is 107 Å². The van der Waals surface area contributed by atoms with Crippen molar-refractivity contribution in [3.8, 4) is 23.0 Å². The Kier molecular flexibility index (Phi) is 7.62. The van der Waals surface area contributed by atoms with Crippen LogP contribution in [0.5, 0.6) is 0 Å². The fourth-order valence-electron chi connectivity index (χ4n) is 5.08. The molecule has 1 unspecified atom stereocenters. The minimum atomic E-state index is -0.934. The molecular weight excluding hydrogens is 534 g/mol. The predicted molar refractivity (Wildman–Crippen MR) is 155 cm³/mol. The molecule has 5 rings (SSSR count). The molecule has 42 heavy (non-hydrogen) atoms. The largest absolute Gasteiger partial charge is 0.466 e. The molecule has 2 aromatic carbocycles. The summed E-state index contributed by atoms with van der Waals surface area (Å²) in [5, 5.41) is 19.4. The number of nitriles is 1. The summed E-state index contributed by atoms with van der Waals surface area (Å²) in [5.41, 5.74) is 10.9. The van der Waals surface area contributed by atoms with Gasteiger partial charge in [-0.05, 0) is 49.7 Å². The first kappa shape index (κ1) is 27.9. The van der Waals surface area contributed by atoms with Gasteiger partial charge in [0.05, 0.1) is 54.4 Å². The van der Waals surface area contributed by atoms with Crippen LogP contribution >= 0.6 is 0 Å². The van der Waals surface area contributed by atoms with E-state index in [1.54, 1.807) is 53.2 Å². The molecule has 0 amide bonds. The zero-order chi connectivity index (χ0) is 30.0. The van der Waals surface area contributed by atoms with E-state index in [-0.39, 0.29) is 22.7 Å². The maximum Gasteiger partial charge on any atom is 0.355 e. The summed E-state index contributed by atoms with van der Waals surface area (Å²) in [6.07, 6.45) is 3.81.